The van der Waals surface area contributed by atoms with Gasteiger partial charge in [-0.05, 0) is 19.9 Å². The van der Waals surface area contributed by atoms with Gasteiger partial charge in [0.1, 0.15) is 5.82 Å². The maximum absolute atomic E-state index is 4.24. The lowest BCUT2D eigenvalue weighted by Gasteiger charge is -1.94. The van der Waals surface area contributed by atoms with Gasteiger partial charge in [-0.3, -0.25) is 5.10 Å². The molecule has 1 heterocycles. The van der Waals surface area contributed by atoms with Crippen LogP contribution in [0.1, 0.15) is 18.7 Å². The molecule has 0 unspecified atom stereocenters. The van der Waals surface area contributed by atoms with Gasteiger partial charge in [-0.15, -0.1) is 5.10 Å². The number of aromatic amines is 1. The molecule has 1 aromatic heterocycles. The van der Waals surface area contributed by atoms with E-state index in [1.165, 1.54) is 12.8 Å². The summed E-state index contributed by atoms with van der Waals surface area (Å²) in [6, 6.07) is 0.614. The summed E-state index contributed by atoms with van der Waals surface area (Å²) in [5, 5.41) is 13.1. The normalized spacial score (nSPS) is 16.4. The van der Waals surface area contributed by atoms with Crippen LogP contribution in [0.15, 0.2) is 0 Å². The van der Waals surface area contributed by atoms with E-state index in [-0.39, 0.29) is 0 Å². The topological polar surface area (TPSA) is 65.6 Å². The van der Waals surface area contributed by atoms with Crippen LogP contribution in [0.25, 0.3) is 0 Å². The Morgan fingerprint density at radius 2 is 2.42 bits per heavy atom. The van der Waals surface area contributed by atoms with E-state index in [0.717, 1.165) is 18.3 Å². The van der Waals surface area contributed by atoms with Crippen LogP contribution in [-0.2, 0) is 6.54 Å². The largest absolute Gasteiger partial charge is 0.350 e. The fraction of sp³-hybridized carbons (Fsp3) is 0.714. The number of rotatable bonds is 4. The van der Waals surface area contributed by atoms with Gasteiger partial charge < -0.3 is 10.6 Å². The van der Waals surface area contributed by atoms with Crippen molar-refractivity contribution in [2.45, 2.75) is 25.4 Å². The quantitative estimate of drug-likeness (QED) is 0.595. The first-order valence-electron chi connectivity index (χ1n) is 4.21. The fourth-order valence-corrected chi connectivity index (χ4v) is 1.02. The number of hydrogen-bond acceptors (Lipinski definition) is 4. The van der Waals surface area contributed by atoms with Crippen molar-refractivity contribution in [2.24, 2.45) is 0 Å². The molecule has 3 N–H and O–H groups in total. The third-order valence-corrected chi connectivity index (χ3v) is 1.79. The first-order valence-corrected chi connectivity index (χ1v) is 4.21. The maximum Gasteiger partial charge on any atom is 0.242 e. The van der Waals surface area contributed by atoms with E-state index < -0.39 is 0 Å². The van der Waals surface area contributed by atoms with Gasteiger partial charge in [-0.2, -0.15) is 4.98 Å². The van der Waals surface area contributed by atoms with E-state index in [1.807, 2.05) is 7.05 Å². The van der Waals surface area contributed by atoms with Crippen LogP contribution in [0.4, 0.5) is 5.95 Å². The molecular formula is C7H13N5. The number of hydrogen-bond donors (Lipinski definition) is 3. The van der Waals surface area contributed by atoms with E-state index >= 15 is 0 Å². The van der Waals surface area contributed by atoms with Crippen molar-refractivity contribution in [1.82, 2.24) is 20.5 Å². The fourth-order valence-electron chi connectivity index (χ4n) is 1.02. The van der Waals surface area contributed by atoms with Gasteiger partial charge in [0.05, 0.1) is 6.54 Å². The Hall–Kier alpha value is -1.10. The standard InChI is InChI=1S/C7H13N5/c1-8-4-6-10-7(12-11-6)9-5-2-3-5/h5,8H,2-4H2,1H3,(H2,9,10,11,12). The molecule has 5 heteroatoms. The molecule has 1 saturated carbocycles. The third kappa shape index (κ3) is 1.73. The average molecular weight is 167 g/mol. The molecule has 0 radical (unpaired) electrons. The summed E-state index contributed by atoms with van der Waals surface area (Å²) in [6.45, 7) is 0.735. The highest BCUT2D eigenvalue weighted by Gasteiger charge is 2.22. The molecule has 2 rings (SSSR count). The highest BCUT2D eigenvalue weighted by Crippen LogP contribution is 2.22. The Bertz CT molecular complexity index is 252. The summed E-state index contributed by atoms with van der Waals surface area (Å²) in [6.07, 6.45) is 2.49. The van der Waals surface area contributed by atoms with Crippen LogP contribution < -0.4 is 10.6 Å². The predicted molar refractivity (Wildman–Crippen MR) is 45.8 cm³/mol. The molecule has 1 aromatic rings. The number of nitrogens with one attached hydrogen (secondary N) is 3. The summed E-state index contributed by atoms with van der Waals surface area (Å²) in [5.41, 5.74) is 0. The highest BCUT2D eigenvalue weighted by molar-refractivity contribution is 5.26. The Balaban J connectivity index is 1.92. The number of aromatic nitrogens is 3. The average Bonchev–Trinajstić information content (AvgIpc) is 2.74. The lowest BCUT2D eigenvalue weighted by atomic mass is 10.6. The van der Waals surface area contributed by atoms with E-state index in [0.29, 0.717) is 6.04 Å². The molecule has 0 atom stereocenters. The molecule has 1 fully saturated rings. The second kappa shape index (κ2) is 3.10. The van der Waals surface area contributed by atoms with Crippen LogP contribution in [0.2, 0.25) is 0 Å². The number of H-pyrrole nitrogens is 1. The molecule has 12 heavy (non-hydrogen) atoms. The van der Waals surface area contributed by atoms with Gasteiger partial charge in [0, 0.05) is 6.04 Å². The van der Waals surface area contributed by atoms with Gasteiger partial charge >= 0.3 is 0 Å². The van der Waals surface area contributed by atoms with Gasteiger partial charge in [-0.25, -0.2) is 0 Å². The molecule has 1 aliphatic carbocycles. The molecule has 0 bridgehead atoms. The van der Waals surface area contributed by atoms with Crippen LogP contribution in [0.3, 0.4) is 0 Å². The molecule has 5 nitrogen and oxygen atoms in total. The van der Waals surface area contributed by atoms with Crippen LogP contribution >= 0.6 is 0 Å². The van der Waals surface area contributed by atoms with Crippen LogP contribution in [0.5, 0.6) is 0 Å². The SMILES string of the molecule is CNCc1nc(NC2CC2)n[nH]1. The zero-order valence-corrected chi connectivity index (χ0v) is 7.09. The Morgan fingerprint density at radius 3 is 3.08 bits per heavy atom. The first kappa shape index (κ1) is 7.54. The molecule has 0 saturated heterocycles. The minimum Gasteiger partial charge on any atom is -0.350 e. The predicted octanol–water partition coefficient (Wildman–Crippen LogP) is 0.0984. The Kier molecular flexibility index (Phi) is 1.95. The van der Waals surface area contributed by atoms with Crippen molar-refractivity contribution in [2.75, 3.05) is 12.4 Å². The molecule has 1 aliphatic rings. The van der Waals surface area contributed by atoms with Crippen LogP contribution in [0, 0.1) is 0 Å². The van der Waals surface area contributed by atoms with Gasteiger partial charge in [0.25, 0.3) is 0 Å². The summed E-state index contributed by atoms with van der Waals surface area (Å²) < 4.78 is 0. The molecule has 0 aliphatic heterocycles. The molecular weight excluding hydrogens is 154 g/mol. The van der Waals surface area contributed by atoms with E-state index in [9.17, 15) is 0 Å². The van der Waals surface area contributed by atoms with Crippen molar-refractivity contribution < 1.29 is 0 Å². The van der Waals surface area contributed by atoms with Gasteiger partial charge in [-0.1, -0.05) is 0 Å². The second-order valence-electron chi connectivity index (χ2n) is 3.05. The molecule has 0 aromatic carbocycles. The van der Waals surface area contributed by atoms with E-state index in [1.54, 1.807) is 0 Å². The monoisotopic (exact) mass is 167 g/mol. The molecule has 0 amide bonds. The smallest absolute Gasteiger partial charge is 0.242 e. The van der Waals surface area contributed by atoms with Gasteiger partial charge in [0.2, 0.25) is 5.95 Å². The van der Waals surface area contributed by atoms with Crippen molar-refractivity contribution in [3.63, 3.8) is 0 Å². The Labute approximate surface area is 71.0 Å². The summed E-state index contributed by atoms with van der Waals surface area (Å²) in [7, 11) is 1.89. The lowest BCUT2D eigenvalue weighted by Crippen LogP contribution is -2.07. The lowest BCUT2D eigenvalue weighted by molar-refractivity contribution is 0.763. The maximum atomic E-state index is 4.24. The van der Waals surface area contributed by atoms with E-state index in [4.69, 9.17) is 0 Å². The van der Waals surface area contributed by atoms with Crippen LogP contribution in [-0.4, -0.2) is 28.3 Å². The highest BCUT2D eigenvalue weighted by atomic mass is 15.3. The minimum absolute atomic E-state index is 0.614. The van der Waals surface area contributed by atoms with Crippen molar-refractivity contribution >= 4 is 5.95 Å². The summed E-state index contributed by atoms with van der Waals surface area (Å²) in [4.78, 5) is 4.24. The van der Waals surface area contributed by atoms with Gasteiger partial charge in [0.15, 0.2) is 0 Å². The molecule has 66 valence electrons. The second-order valence-corrected chi connectivity index (χ2v) is 3.05. The van der Waals surface area contributed by atoms with Crippen molar-refractivity contribution in [3.05, 3.63) is 5.82 Å². The van der Waals surface area contributed by atoms with Crippen molar-refractivity contribution in [1.29, 1.82) is 0 Å². The number of anilines is 1. The zero-order valence-electron chi connectivity index (χ0n) is 7.09. The van der Waals surface area contributed by atoms with Crippen molar-refractivity contribution in [3.8, 4) is 0 Å². The Morgan fingerprint density at radius 1 is 1.58 bits per heavy atom. The summed E-state index contributed by atoms with van der Waals surface area (Å²) >= 11 is 0. The number of nitrogens with zero attached hydrogens (tertiary/aromatic N) is 2. The first-order chi connectivity index (χ1) is 5.88. The molecule has 0 spiro atoms. The minimum atomic E-state index is 0.614. The zero-order chi connectivity index (χ0) is 8.39. The summed E-state index contributed by atoms with van der Waals surface area (Å²) in [5.74, 6) is 1.60. The van der Waals surface area contributed by atoms with E-state index in [2.05, 4.69) is 25.8 Å². The third-order valence-electron chi connectivity index (χ3n) is 1.79.